The fraction of sp³-hybridized carbons (Fsp3) is 0.350. The second kappa shape index (κ2) is 9.28. The number of nitrogens with zero attached hydrogens (tertiary/aromatic N) is 3. The van der Waals surface area contributed by atoms with Gasteiger partial charge in [0.2, 0.25) is 5.91 Å². The predicted octanol–water partition coefficient (Wildman–Crippen LogP) is 1.91. The molecule has 0 bridgehead atoms. The molecule has 2 aromatic rings. The molecule has 1 aliphatic heterocycles. The summed E-state index contributed by atoms with van der Waals surface area (Å²) in [4.78, 5) is 18.5. The molecule has 2 heterocycles. The minimum atomic E-state index is -0.274. The van der Waals surface area contributed by atoms with E-state index in [1.807, 2.05) is 11.9 Å². The molecule has 0 spiro atoms. The molecule has 1 fully saturated rings. The van der Waals surface area contributed by atoms with Crippen molar-refractivity contribution in [3.63, 3.8) is 0 Å². The summed E-state index contributed by atoms with van der Waals surface area (Å²) in [5, 5.41) is 12.6. The third kappa shape index (κ3) is 5.04. The van der Waals surface area contributed by atoms with Gasteiger partial charge >= 0.3 is 0 Å². The van der Waals surface area contributed by atoms with Crippen LogP contribution in [0.2, 0.25) is 0 Å². The lowest BCUT2D eigenvalue weighted by Crippen LogP contribution is -2.30. The highest BCUT2D eigenvalue weighted by Gasteiger charge is 2.17. The zero-order valence-corrected chi connectivity index (χ0v) is 15.8. The molecule has 1 aliphatic rings. The summed E-state index contributed by atoms with van der Waals surface area (Å²) in [6.45, 7) is 2.46. The largest absolute Gasteiger partial charge is 0.494 e. The molecule has 0 aliphatic carbocycles. The van der Waals surface area contributed by atoms with E-state index >= 15 is 0 Å². The van der Waals surface area contributed by atoms with E-state index in [1.54, 1.807) is 24.3 Å². The summed E-state index contributed by atoms with van der Waals surface area (Å²) in [6, 6.07) is 7.25. The average molecular weight is 382 g/mol. The van der Waals surface area contributed by atoms with Gasteiger partial charge in [0.05, 0.1) is 37.1 Å². The van der Waals surface area contributed by atoms with Crippen LogP contribution >= 0.6 is 0 Å². The smallest absolute Gasteiger partial charge is 0.248 e. The number of methoxy groups -OCH3 is 1. The van der Waals surface area contributed by atoms with Crippen molar-refractivity contribution in [3.8, 4) is 11.8 Å². The third-order valence-electron chi connectivity index (χ3n) is 4.23. The van der Waals surface area contributed by atoms with E-state index in [9.17, 15) is 4.79 Å². The van der Waals surface area contributed by atoms with Gasteiger partial charge in [0.1, 0.15) is 11.8 Å². The Morgan fingerprint density at radius 1 is 1.43 bits per heavy atom. The van der Waals surface area contributed by atoms with Crippen molar-refractivity contribution in [2.24, 2.45) is 0 Å². The van der Waals surface area contributed by atoms with Crippen LogP contribution in [0.3, 0.4) is 0 Å². The van der Waals surface area contributed by atoms with Crippen LogP contribution in [-0.4, -0.2) is 62.5 Å². The number of benzene rings is 1. The zero-order chi connectivity index (χ0) is 19.9. The molecule has 0 radical (unpaired) electrons. The number of hydrogen-bond acceptors (Lipinski definition) is 7. The Balaban J connectivity index is 1.63. The van der Waals surface area contributed by atoms with E-state index < -0.39 is 0 Å². The molecule has 3 rings (SSSR count). The second-order valence-corrected chi connectivity index (χ2v) is 6.36. The van der Waals surface area contributed by atoms with E-state index in [2.05, 4.69) is 16.4 Å². The minimum absolute atomic E-state index is 0.207. The topological polar surface area (TPSA) is 96.7 Å². The van der Waals surface area contributed by atoms with Crippen LogP contribution in [0, 0.1) is 11.3 Å². The highest BCUT2D eigenvalue weighted by Crippen LogP contribution is 2.29. The molecule has 0 unspecified atom stereocenters. The molecular weight excluding hydrogens is 360 g/mol. The molecule has 0 saturated carbocycles. The van der Waals surface area contributed by atoms with Crippen molar-refractivity contribution in [3.05, 3.63) is 42.1 Å². The van der Waals surface area contributed by atoms with Crippen molar-refractivity contribution in [1.82, 2.24) is 9.88 Å². The van der Waals surface area contributed by atoms with Gasteiger partial charge in [-0.15, -0.1) is 0 Å². The van der Waals surface area contributed by atoms with Gasteiger partial charge < -0.3 is 19.5 Å². The van der Waals surface area contributed by atoms with Gasteiger partial charge in [0.25, 0.3) is 0 Å². The van der Waals surface area contributed by atoms with Crippen LogP contribution in [0.15, 0.2) is 36.5 Å². The predicted molar refractivity (Wildman–Crippen MR) is 104 cm³/mol. The van der Waals surface area contributed by atoms with Crippen molar-refractivity contribution in [2.75, 3.05) is 45.8 Å². The normalized spacial score (nSPS) is 14.6. The van der Waals surface area contributed by atoms with E-state index in [0.29, 0.717) is 48.8 Å². The minimum Gasteiger partial charge on any atom is -0.494 e. The lowest BCUT2D eigenvalue weighted by Gasteiger charge is -2.17. The fourth-order valence-electron chi connectivity index (χ4n) is 2.84. The third-order valence-corrected chi connectivity index (χ3v) is 4.23. The lowest BCUT2D eigenvalue weighted by atomic mass is 10.1. The van der Waals surface area contributed by atoms with Crippen LogP contribution in [0.4, 0.5) is 5.69 Å². The van der Waals surface area contributed by atoms with Gasteiger partial charge in [-0.05, 0) is 19.2 Å². The summed E-state index contributed by atoms with van der Waals surface area (Å²) >= 11 is 0. The van der Waals surface area contributed by atoms with Gasteiger partial charge in [0, 0.05) is 36.8 Å². The fourth-order valence-corrected chi connectivity index (χ4v) is 2.84. The monoisotopic (exact) mass is 382 g/mol. The highest BCUT2D eigenvalue weighted by molar-refractivity contribution is 6.02. The van der Waals surface area contributed by atoms with Gasteiger partial charge in [-0.1, -0.05) is 6.08 Å². The summed E-state index contributed by atoms with van der Waals surface area (Å²) in [7, 11) is 3.46. The van der Waals surface area contributed by atoms with Crippen molar-refractivity contribution < 1.29 is 19.0 Å². The average Bonchev–Trinajstić information content (AvgIpc) is 3.19. The number of anilines is 1. The van der Waals surface area contributed by atoms with Gasteiger partial charge in [-0.2, -0.15) is 5.26 Å². The lowest BCUT2D eigenvalue weighted by molar-refractivity contribution is -0.111. The number of likely N-dealkylation sites (N-methyl/N-ethyl adjacent to an activating group) is 1. The zero-order valence-electron chi connectivity index (χ0n) is 15.8. The van der Waals surface area contributed by atoms with Crippen molar-refractivity contribution in [2.45, 2.75) is 6.29 Å². The number of amides is 1. The first-order valence-corrected chi connectivity index (χ1v) is 8.86. The number of fused-ring (bicyclic) bond motifs is 1. The summed E-state index contributed by atoms with van der Waals surface area (Å²) in [5.41, 5.74) is 1.65. The maximum atomic E-state index is 12.3. The van der Waals surface area contributed by atoms with Crippen LogP contribution in [-0.2, 0) is 14.3 Å². The van der Waals surface area contributed by atoms with Crippen LogP contribution in [0.5, 0.6) is 5.75 Å². The van der Waals surface area contributed by atoms with Crippen molar-refractivity contribution in [1.29, 1.82) is 5.26 Å². The highest BCUT2D eigenvalue weighted by atomic mass is 16.7. The number of pyridine rings is 1. The van der Waals surface area contributed by atoms with E-state index in [1.165, 1.54) is 19.4 Å². The molecule has 28 heavy (non-hydrogen) atoms. The first kappa shape index (κ1) is 19.8. The van der Waals surface area contributed by atoms with Crippen LogP contribution in [0.25, 0.3) is 10.9 Å². The van der Waals surface area contributed by atoms with Gasteiger partial charge in [0.15, 0.2) is 6.29 Å². The second-order valence-electron chi connectivity index (χ2n) is 6.36. The quantitative estimate of drug-likeness (QED) is 0.731. The van der Waals surface area contributed by atoms with Crippen molar-refractivity contribution >= 4 is 22.5 Å². The molecule has 1 aromatic carbocycles. The van der Waals surface area contributed by atoms with Gasteiger partial charge in [-0.3, -0.25) is 14.7 Å². The Hall–Kier alpha value is -2.99. The number of nitriles is 1. The molecule has 1 N–H and O–H groups in total. The van der Waals surface area contributed by atoms with Gasteiger partial charge in [-0.25, -0.2) is 0 Å². The molecule has 1 amide bonds. The number of nitrogens with one attached hydrogen (secondary N) is 1. The maximum Gasteiger partial charge on any atom is 0.248 e. The molecule has 1 saturated heterocycles. The Morgan fingerprint density at radius 2 is 2.21 bits per heavy atom. The molecular formula is C20H22N4O4. The Bertz CT molecular complexity index is 916. The van der Waals surface area contributed by atoms with Crippen LogP contribution in [0.1, 0.15) is 5.56 Å². The first-order chi connectivity index (χ1) is 13.6. The summed E-state index contributed by atoms with van der Waals surface area (Å²) in [5.74, 6) is 0.225. The number of carbonyl (C=O) groups excluding carboxylic acids is 1. The molecule has 146 valence electrons. The van der Waals surface area contributed by atoms with E-state index in [0.717, 1.165) is 5.39 Å². The van der Waals surface area contributed by atoms with Crippen LogP contribution < -0.4 is 10.1 Å². The molecule has 1 aromatic heterocycles. The number of aromatic nitrogens is 1. The maximum absolute atomic E-state index is 12.3. The Labute approximate surface area is 163 Å². The standard InChI is InChI=1S/C20H22N4O4/c1-24(13-20-27-6-7-28-20)5-3-4-19(25)23-17-9-15-8-14(11-21)12-22-16(15)10-18(17)26-2/h3-4,8-10,12,20H,5-7,13H2,1-2H3,(H,23,25)/b4-3+. The molecule has 0 atom stereocenters. The number of ether oxygens (including phenoxy) is 3. The number of rotatable bonds is 7. The SMILES string of the molecule is COc1cc2ncc(C#N)cc2cc1NC(=O)/C=C/CN(C)CC1OCCO1. The summed E-state index contributed by atoms with van der Waals surface area (Å²) < 4.78 is 16.1. The number of carbonyl (C=O) groups is 1. The Kier molecular flexibility index (Phi) is 6.55. The number of hydrogen-bond donors (Lipinski definition) is 1. The Morgan fingerprint density at radius 3 is 2.93 bits per heavy atom. The van der Waals surface area contributed by atoms with E-state index in [-0.39, 0.29) is 12.2 Å². The summed E-state index contributed by atoms with van der Waals surface area (Å²) in [6.07, 6.45) is 4.54. The van der Waals surface area contributed by atoms with E-state index in [4.69, 9.17) is 19.5 Å². The molecule has 8 nitrogen and oxygen atoms in total. The first-order valence-electron chi connectivity index (χ1n) is 8.86. The molecule has 8 heteroatoms.